The molecule has 1 aliphatic rings. The van der Waals surface area contributed by atoms with Crippen molar-refractivity contribution in [2.75, 3.05) is 0 Å². The summed E-state index contributed by atoms with van der Waals surface area (Å²) in [7, 11) is 0. The number of nitrogens with one attached hydrogen (secondary N) is 1. The van der Waals surface area contributed by atoms with Crippen molar-refractivity contribution in [1.82, 2.24) is 4.98 Å². The third kappa shape index (κ3) is 2.34. The Morgan fingerprint density at radius 2 is 2.10 bits per heavy atom. The number of aryl methyl sites for hydroxylation is 1. The van der Waals surface area contributed by atoms with Gasteiger partial charge in [-0.25, -0.2) is 0 Å². The van der Waals surface area contributed by atoms with Crippen LogP contribution in [0.3, 0.4) is 0 Å². The number of nitrogens with two attached hydrogens (primary N) is 1. The van der Waals surface area contributed by atoms with E-state index in [1.54, 1.807) is 0 Å². The maximum Gasteiger partial charge on any atom is 0.262 e. The number of carbonyl (C=O) groups excluding carboxylic acids is 1. The third-order valence-electron chi connectivity index (χ3n) is 4.18. The van der Waals surface area contributed by atoms with Crippen molar-refractivity contribution in [3.8, 4) is 6.07 Å². The smallest absolute Gasteiger partial charge is 0.262 e. The minimum absolute atomic E-state index is 0.118. The molecule has 5 nitrogen and oxygen atoms in total. The molecule has 0 aromatic carbocycles. The van der Waals surface area contributed by atoms with Crippen LogP contribution in [0.1, 0.15) is 54.4 Å². The summed E-state index contributed by atoms with van der Waals surface area (Å²) in [5.41, 5.74) is 6.31. The monoisotopic (exact) mass is 273 g/mol. The Kier molecular flexibility index (Phi) is 3.43. The van der Waals surface area contributed by atoms with Crippen LogP contribution >= 0.6 is 0 Å². The van der Waals surface area contributed by atoms with Crippen LogP contribution < -0.4 is 11.3 Å². The standard InChI is InChI=1S/C15H19N3O2/c1-15(2,3)8-4-5-11-9(6-8)10(7-16)12(13(17)19)14(20)18-11/h8H,4-6H2,1-3H3,(H2,17,19)(H,18,20). The first-order valence-corrected chi connectivity index (χ1v) is 6.73. The lowest BCUT2D eigenvalue weighted by molar-refractivity contribution is 0.0998. The van der Waals surface area contributed by atoms with Crippen molar-refractivity contribution in [3.63, 3.8) is 0 Å². The molecule has 0 bridgehead atoms. The van der Waals surface area contributed by atoms with Gasteiger partial charge in [-0.2, -0.15) is 5.26 Å². The van der Waals surface area contributed by atoms with Crippen molar-refractivity contribution in [2.45, 2.75) is 40.0 Å². The van der Waals surface area contributed by atoms with E-state index in [0.29, 0.717) is 12.3 Å². The zero-order valence-electron chi connectivity index (χ0n) is 12.0. The molecule has 1 heterocycles. The number of hydrogen-bond acceptors (Lipinski definition) is 3. The number of amides is 1. The van der Waals surface area contributed by atoms with Gasteiger partial charge in [0.15, 0.2) is 0 Å². The van der Waals surface area contributed by atoms with E-state index in [0.717, 1.165) is 24.1 Å². The lowest BCUT2D eigenvalue weighted by Crippen LogP contribution is -2.33. The Hall–Kier alpha value is -2.09. The van der Waals surface area contributed by atoms with Gasteiger partial charge >= 0.3 is 0 Å². The molecular formula is C15H19N3O2. The molecule has 20 heavy (non-hydrogen) atoms. The number of aromatic amines is 1. The fraction of sp³-hybridized carbons (Fsp3) is 0.533. The number of primary amides is 1. The predicted molar refractivity (Wildman–Crippen MR) is 75.3 cm³/mol. The van der Waals surface area contributed by atoms with Gasteiger partial charge in [-0.05, 0) is 36.2 Å². The molecule has 0 saturated heterocycles. The van der Waals surface area contributed by atoms with Crippen molar-refractivity contribution < 1.29 is 4.79 Å². The summed E-state index contributed by atoms with van der Waals surface area (Å²) >= 11 is 0. The molecule has 5 heteroatoms. The Balaban J connectivity index is 2.62. The van der Waals surface area contributed by atoms with Crippen LogP contribution in [-0.2, 0) is 12.8 Å². The molecule has 1 aromatic rings. The summed E-state index contributed by atoms with van der Waals surface area (Å²) in [5.74, 6) is -0.433. The molecule has 1 atom stereocenters. The molecule has 2 rings (SSSR count). The Labute approximate surface area is 117 Å². The highest BCUT2D eigenvalue weighted by Gasteiger charge is 2.32. The number of aromatic nitrogens is 1. The third-order valence-corrected chi connectivity index (χ3v) is 4.18. The zero-order chi connectivity index (χ0) is 15.1. The summed E-state index contributed by atoms with van der Waals surface area (Å²) in [4.78, 5) is 26.0. The second-order valence-corrected chi connectivity index (χ2v) is 6.44. The summed E-state index contributed by atoms with van der Waals surface area (Å²) in [5, 5.41) is 9.33. The van der Waals surface area contributed by atoms with Crippen LogP contribution in [0.2, 0.25) is 0 Å². The van der Waals surface area contributed by atoms with Crippen LogP contribution in [-0.4, -0.2) is 10.9 Å². The van der Waals surface area contributed by atoms with Crippen LogP contribution in [0.25, 0.3) is 0 Å². The highest BCUT2D eigenvalue weighted by atomic mass is 16.2. The average molecular weight is 273 g/mol. The van der Waals surface area contributed by atoms with Crippen molar-refractivity contribution in [3.05, 3.63) is 32.7 Å². The number of carbonyl (C=O) groups is 1. The molecule has 1 amide bonds. The zero-order valence-corrected chi connectivity index (χ0v) is 12.0. The summed E-state index contributed by atoms with van der Waals surface area (Å²) in [6.45, 7) is 6.49. The maximum absolute atomic E-state index is 11.9. The van der Waals surface area contributed by atoms with Crippen molar-refractivity contribution in [1.29, 1.82) is 5.26 Å². The minimum atomic E-state index is -0.844. The molecule has 1 aliphatic carbocycles. The molecular weight excluding hydrogens is 254 g/mol. The Bertz CT molecular complexity index is 659. The van der Waals surface area contributed by atoms with E-state index in [1.165, 1.54) is 0 Å². The van der Waals surface area contributed by atoms with E-state index in [1.807, 2.05) is 6.07 Å². The molecule has 1 unspecified atom stereocenters. The van der Waals surface area contributed by atoms with Gasteiger partial charge in [0.05, 0.1) is 5.56 Å². The van der Waals surface area contributed by atoms with E-state index in [2.05, 4.69) is 25.8 Å². The molecule has 0 spiro atoms. The van der Waals surface area contributed by atoms with Gasteiger partial charge in [-0.1, -0.05) is 20.8 Å². The van der Waals surface area contributed by atoms with E-state index in [9.17, 15) is 14.9 Å². The first kappa shape index (κ1) is 14.3. The number of rotatable bonds is 1. The van der Waals surface area contributed by atoms with Gasteiger partial charge in [0.1, 0.15) is 11.6 Å². The normalized spacial score (nSPS) is 18.2. The van der Waals surface area contributed by atoms with Crippen LogP contribution in [0, 0.1) is 22.7 Å². The molecule has 0 aliphatic heterocycles. The number of hydrogen-bond donors (Lipinski definition) is 2. The maximum atomic E-state index is 11.9. The number of pyridine rings is 1. The quantitative estimate of drug-likeness (QED) is 0.810. The first-order valence-electron chi connectivity index (χ1n) is 6.73. The second kappa shape index (κ2) is 4.78. The Morgan fingerprint density at radius 3 is 2.60 bits per heavy atom. The average Bonchev–Trinajstić information content (AvgIpc) is 2.34. The fourth-order valence-corrected chi connectivity index (χ4v) is 2.89. The molecule has 106 valence electrons. The van der Waals surface area contributed by atoms with Gasteiger partial charge in [-0.3, -0.25) is 9.59 Å². The van der Waals surface area contributed by atoms with Gasteiger partial charge in [-0.15, -0.1) is 0 Å². The first-order chi connectivity index (χ1) is 9.25. The van der Waals surface area contributed by atoms with Crippen LogP contribution in [0.15, 0.2) is 4.79 Å². The summed E-state index contributed by atoms with van der Waals surface area (Å²) < 4.78 is 0. The van der Waals surface area contributed by atoms with E-state index in [4.69, 9.17) is 5.73 Å². The SMILES string of the molecule is CC(C)(C)C1CCc2[nH]c(=O)c(C(N)=O)c(C#N)c2C1. The topological polar surface area (TPSA) is 99.7 Å². The Morgan fingerprint density at radius 1 is 1.45 bits per heavy atom. The van der Waals surface area contributed by atoms with E-state index in [-0.39, 0.29) is 16.5 Å². The van der Waals surface area contributed by atoms with Gasteiger partial charge in [0.25, 0.3) is 11.5 Å². The molecule has 3 N–H and O–H groups in total. The molecule has 0 radical (unpaired) electrons. The molecule has 0 fully saturated rings. The van der Waals surface area contributed by atoms with E-state index >= 15 is 0 Å². The van der Waals surface area contributed by atoms with Gasteiger partial charge in [0, 0.05) is 5.69 Å². The van der Waals surface area contributed by atoms with E-state index < -0.39 is 11.5 Å². The number of nitrogens with zero attached hydrogens (tertiary/aromatic N) is 1. The second-order valence-electron chi connectivity index (χ2n) is 6.44. The summed E-state index contributed by atoms with van der Waals surface area (Å²) in [6, 6.07) is 2.00. The lowest BCUT2D eigenvalue weighted by atomic mass is 9.70. The molecule has 0 saturated carbocycles. The predicted octanol–water partition coefficient (Wildman–Crippen LogP) is 1.50. The number of H-pyrrole nitrogens is 1. The van der Waals surface area contributed by atoms with Crippen LogP contribution in [0.4, 0.5) is 0 Å². The highest BCUT2D eigenvalue weighted by Crippen LogP contribution is 2.37. The van der Waals surface area contributed by atoms with Crippen LogP contribution in [0.5, 0.6) is 0 Å². The highest BCUT2D eigenvalue weighted by molar-refractivity contribution is 5.95. The number of nitriles is 1. The number of fused-ring (bicyclic) bond motifs is 1. The fourth-order valence-electron chi connectivity index (χ4n) is 2.89. The van der Waals surface area contributed by atoms with Crippen molar-refractivity contribution >= 4 is 5.91 Å². The summed E-state index contributed by atoms with van der Waals surface area (Å²) in [6.07, 6.45) is 2.38. The van der Waals surface area contributed by atoms with Crippen molar-refractivity contribution in [2.24, 2.45) is 17.1 Å². The largest absolute Gasteiger partial charge is 0.365 e. The minimum Gasteiger partial charge on any atom is -0.365 e. The molecule has 1 aromatic heterocycles. The van der Waals surface area contributed by atoms with Gasteiger partial charge < -0.3 is 10.7 Å². The lowest BCUT2D eigenvalue weighted by Gasteiger charge is -2.35. The van der Waals surface area contributed by atoms with Gasteiger partial charge in [0.2, 0.25) is 0 Å².